The predicted molar refractivity (Wildman–Crippen MR) is 90.6 cm³/mol. The summed E-state index contributed by atoms with van der Waals surface area (Å²) in [5.41, 5.74) is 0. The summed E-state index contributed by atoms with van der Waals surface area (Å²) in [7, 11) is 1.49. The van der Waals surface area contributed by atoms with Crippen LogP contribution in [0, 0.1) is 23.7 Å². The fourth-order valence-electron chi connectivity index (χ4n) is 2.05. The minimum absolute atomic E-state index is 0.343. The largest absolute Gasteiger partial charge is 0.490 e. The first kappa shape index (κ1) is 19.9. The van der Waals surface area contributed by atoms with E-state index in [1.807, 2.05) is 0 Å². The molecule has 0 atom stereocenters. The molecule has 0 amide bonds. The van der Waals surface area contributed by atoms with Gasteiger partial charge in [-0.05, 0) is 23.7 Å². The van der Waals surface area contributed by atoms with Crippen LogP contribution in [-0.4, -0.2) is 16.7 Å². The second kappa shape index (κ2) is 7.81. The molecule has 0 rings (SSSR count). The molecular formula is C14H28BBr2O2. The van der Waals surface area contributed by atoms with Crippen LogP contribution in [0.1, 0.15) is 55.4 Å². The van der Waals surface area contributed by atoms with E-state index in [1.165, 1.54) is 7.69 Å². The fourth-order valence-corrected chi connectivity index (χ4v) is 2.20. The lowest BCUT2D eigenvalue weighted by atomic mass is 9.94. The average molecular weight is 399 g/mol. The third-order valence-electron chi connectivity index (χ3n) is 3.61. The van der Waals surface area contributed by atoms with Crippen LogP contribution in [0.3, 0.4) is 0 Å². The van der Waals surface area contributed by atoms with Crippen molar-refractivity contribution in [1.82, 2.24) is 0 Å². The lowest BCUT2D eigenvalue weighted by Gasteiger charge is -2.39. The molecule has 19 heavy (non-hydrogen) atoms. The van der Waals surface area contributed by atoms with Gasteiger partial charge in [0.1, 0.15) is 9.02 Å². The molecule has 0 spiro atoms. The average Bonchev–Trinajstić information content (AvgIpc) is 2.27. The van der Waals surface area contributed by atoms with E-state index in [2.05, 4.69) is 87.2 Å². The Bertz CT molecular complexity index is 226. The quantitative estimate of drug-likeness (QED) is 0.404. The van der Waals surface area contributed by atoms with Crippen molar-refractivity contribution in [3.05, 3.63) is 0 Å². The Labute approximate surface area is 137 Å². The maximum absolute atomic E-state index is 5.89. The summed E-state index contributed by atoms with van der Waals surface area (Å²) in [6.45, 7) is 17.1. The summed E-state index contributed by atoms with van der Waals surface area (Å²) in [6, 6.07) is 0. The Hall–Kier alpha value is 0.945. The van der Waals surface area contributed by atoms with E-state index in [0.29, 0.717) is 23.7 Å². The van der Waals surface area contributed by atoms with Crippen LogP contribution in [-0.2, 0) is 9.31 Å². The van der Waals surface area contributed by atoms with E-state index < -0.39 is 9.02 Å². The first-order valence-corrected chi connectivity index (χ1v) is 8.62. The molecule has 0 aromatic heterocycles. The van der Waals surface area contributed by atoms with Gasteiger partial charge in [0.15, 0.2) is 0 Å². The molecule has 0 aliphatic rings. The van der Waals surface area contributed by atoms with E-state index >= 15 is 0 Å². The Morgan fingerprint density at radius 2 is 0.842 bits per heavy atom. The molecule has 0 aliphatic carbocycles. The van der Waals surface area contributed by atoms with Crippen molar-refractivity contribution < 1.29 is 9.31 Å². The van der Waals surface area contributed by atoms with Gasteiger partial charge in [-0.3, -0.25) is 0 Å². The molecule has 0 aliphatic heterocycles. The van der Waals surface area contributed by atoms with Crippen LogP contribution in [0.15, 0.2) is 0 Å². The van der Waals surface area contributed by atoms with Gasteiger partial charge in [-0.2, -0.15) is 0 Å². The Balaban J connectivity index is 4.65. The lowest BCUT2D eigenvalue weighted by molar-refractivity contribution is 0.0109. The smallest absolute Gasteiger partial charge is 0.397 e. The maximum Gasteiger partial charge on any atom is 0.490 e. The summed E-state index contributed by atoms with van der Waals surface area (Å²) in [4.78, 5) is 0. The third kappa shape index (κ3) is 5.01. The van der Waals surface area contributed by atoms with Crippen LogP contribution in [0.5, 0.6) is 0 Å². The first-order valence-electron chi connectivity index (χ1n) is 7.03. The van der Waals surface area contributed by atoms with E-state index in [-0.39, 0.29) is 0 Å². The molecule has 113 valence electrons. The van der Waals surface area contributed by atoms with E-state index in [0.717, 1.165) is 0 Å². The monoisotopic (exact) mass is 397 g/mol. The van der Waals surface area contributed by atoms with Crippen molar-refractivity contribution in [1.29, 1.82) is 0 Å². The molecule has 5 heteroatoms. The van der Waals surface area contributed by atoms with Gasteiger partial charge < -0.3 is 9.31 Å². The van der Waals surface area contributed by atoms with E-state index in [4.69, 9.17) is 9.31 Å². The highest BCUT2D eigenvalue weighted by Gasteiger charge is 2.39. The molecule has 0 saturated carbocycles. The Kier molecular flexibility index (Phi) is 8.20. The highest BCUT2D eigenvalue weighted by Crippen LogP contribution is 2.39. The molecule has 0 aromatic carbocycles. The molecule has 0 fully saturated rings. The van der Waals surface area contributed by atoms with E-state index in [1.54, 1.807) is 0 Å². The van der Waals surface area contributed by atoms with Gasteiger partial charge in [-0.1, -0.05) is 87.2 Å². The summed E-state index contributed by atoms with van der Waals surface area (Å²) < 4.78 is 11.0. The summed E-state index contributed by atoms with van der Waals surface area (Å²) in [5.74, 6) is 1.37. The highest BCUT2D eigenvalue weighted by molar-refractivity contribution is 9.10. The summed E-state index contributed by atoms with van der Waals surface area (Å²) in [6.07, 6.45) is 0. The minimum atomic E-state index is -0.394. The van der Waals surface area contributed by atoms with Crippen LogP contribution in [0.25, 0.3) is 0 Å². The molecule has 2 nitrogen and oxygen atoms in total. The standard InChI is InChI=1S/C14H28BBr2O2/c1-9(2)13(16,10(3)4)18-15-19-14(17,11(5)6)12(7)8/h9-12H,1-8H3. The zero-order valence-corrected chi connectivity index (χ0v) is 16.6. The zero-order valence-electron chi connectivity index (χ0n) is 13.5. The normalized spacial score (nSPS) is 14.0. The van der Waals surface area contributed by atoms with Crippen molar-refractivity contribution >= 4 is 39.5 Å². The van der Waals surface area contributed by atoms with Crippen molar-refractivity contribution in [3.63, 3.8) is 0 Å². The van der Waals surface area contributed by atoms with Gasteiger partial charge in [-0.15, -0.1) is 0 Å². The second-order valence-electron chi connectivity index (χ2n) is 6.35. The number of hydrogen-bond donors (Lipinski definition) is 0. The molecule has 1 radical (unpaired) electrons. The van der Waals surface area contributed by atoms with Crippen molar-refractivity contribution in [2.75, 3.05) is 0 Å². The highest BCUT2D eigenvalue weighted by atomic mass is 79.9. The molecule has 0 unspecified atom stereocenters. The van der Waals surface area contributed by atoms with Gasteiger partial charge in [0, 0.05) is 0 Å². The van der Waals surface area contributed by atoms with Gasteiger partial charge in [0.25, 0.3) is 0 Å². The predicted octanol–water partition coefficient (Wildman–Crippen LogP) is 5.36. The number of hydrogen-bond acceptors (Lipinski definition) is 2. The molecular weight excluding hydrogens is 371 g/mol. The first-order chi connectivity index (χ1) is 8.48. The molecule has 0 N–H and O–H groups in total. The molecule has 0 aromatic rings. The number of alkyl halides is 2. The van der Waals surface area contributed by atoms with E-state index in [9.17, 15) is 0 Å². The fraction of sp³-hybridized carbons (Fsp3) is 1.00. The molecule has 0 saturated heterocycles. The van der Waals surface area contributed by atoms with Crippen LogP contribution in [0.4, 0.5) is 0 Å². The Morgan fingerprint density at radius 1 is 0.632 bits per heavy atom. The number of rotatable bonds is 8. The van der Waals surface area contributed by atoms with Crippen molar-refractivity contribution in [3.8, 4) is 0 Å². The Morgan fingerprint density at radius 3 is 1.00 bits per heavy atom. The summed E-state index contributed by atoms with van der Waals surface area (Å²) >= 11 is 7.41. The number of halogens is 2. The van der Waals surface area contributed by atoms with Crippen LogP contribution < -0.4 is 0 Å². The topological polar surface area (TPSA) is 18.5 Å². The van der Waals surface area contributed by atoms with Gasteiger partial charge in [0.2, 0.25) is 0 Å². The van der Waals surface area contributed by atoms with Gasteiger partial charge in [0.05, 0.1) is 0 Å². The third-order valence-corrected chi connectivity index (χ3v) is 7.64. The van der Waals surface area contributed by atoms with Gasteiger partial charge in [-0.25, -0.2) is 0 Å². The van der Waals surface area contributed by atoms with Crippen LogP contribution in [0.2, 0.25) is 0 Å². The SMILES string of the molecule is CC(C)C(Br)(O[B]OC(Br)(C(C)C)C(C)C)C(C)C. The van der Waals surface area contributed by atoms with Crippen molar-refractivity contribution in [2.24, 2.45) is 23.7 Å². The van der Waals surface area contributed by atoms with Gasteiger partial charge >= 0.3 is 7.69 Å². The maximum atomic E-state index is 5.89. The molecule has 0 heterocycles. The molecule has 0 bridgehead atoms. The zero-order chi connectivity index (χ0) is 15.4. The lowest BCUT2D eigenvalue weighted by Crippen LogP contribution is -2.43. The minimum Gasteiger partial charge on any atom is -0.397 e. The second-order valence-corrected chi connectivity index (χ2v) is 8.83. The van der Waals surface area contributed by atoms with Crippen LogP contribution >= 0.6 is 31.9 Å². The van der Waals surface area contributed by atoms with Crippen molar-refractivity contribution in [2.45, 2.75) is 64.4 Å². The summed E-state index contributed by atoms with van der Waals surface area (Å²) in [5, 5.41) is 0.